The first-order valence-electron chi connectivity index (χ1n) is 3.40. The van der Waals surface area contributed by atoms with E-state index in [1.54, 1.807) is 0 Å². The highest BCUT2D eigenvalue weighted by molar-refractivity contribution is 5.93. The van der Waals surface area contributed by atoms with Gasteiger partial charge in [-0.3, -0.25) is 9.59 Å². The first-order valence-corrected chi connectivity index (χ1v) is 3.40. The van der Waals surface area contributed by atoms with Crippen LogP contribution in [0.2, 0.25) is 0 Å². The van der Waals surface area contributed by atoms with Crippen molar-refractivity contribution in [2.45, 2.75) is 0 Å². The topological polar surface area (TPSA) is 110 Å². The summed E-state index contributed by atoms with van der Waals surface area (Å²) in [6.07, 6.45) is 0. The maximum atomic E-state index is 10.8. The second-order valence-electron chi connectivity index (χ2n) is 2.24. The lowest BCUT2D eigenvalue weighted by Gasteiger charge is -2.05. The molecule has 0 radical (unpaired) electrons. The molecule has 0 aromatic rings. The van der Waals surface area contributed by atoms with E-state index in [0.717, 1.165) is 0 Å². The molecule has 0 saturated heterocycles. The van der Waals surface area contributed by atoms with Crippen molar-refractivity contribution in [1.82, 2.24) is 10.6 Å². The van der Waals surface area contributed by atoms with E-state index >= 15 is 0 Å². The van der Waals surface area contributed by atoms with Crippen molar-refractivity contribution in [3.63, 3.8) is 0 Å². The molecule has 0 heterocycles. The molecule has 0 aliphatic heterocycles. The molecule has 13 heavy (non-hydrogen) atoms. The molecule has 6 nitrogen and oxygen atoms in total. The van der Waals surface area contributed by atoms with E-state index in [-0.39, 0.29) is 18.1 Å². The van der Waals surface area contributed by atoms with Gasteiger partial charge in [-0.1, -0.05) is 13.2 Å². The first-order chi connectivity index (χ1) is 5.95. The summed E-state index contributed by atoms with van der Waals surface area (Å²) in [5.41, 5.74) is 9.85. The van der Waals surface area contributed by atoms with Crippen LogP contribution >= 0.6 is 0 Å². The van der Waals surface area contributed by atoms with Crippen molar-refractivity contribution in [3.8, 4) is 0 Å². The first kappa shape index (κ1) is 11.0. The summed E-state index contributed by atoms with van der Waals surface area (Å²) in [7, 11) is 0. The Balaban J connectivity index is 3.69. The number of carbonyl (C=O) groups is 2. The molecule has 6 N–H and O–H groups in total. The number of carbonyl (C=O) groups excluding carboxylic acids is 2. The average molecular weight is 184 g/mol. The van der Waals surface area contributed by atoms with Crippen molar-refractivity contribution in [1.29, 1.82) is 0 Å². The molecule has 0 aromatic carbocycles. The summed E-state index contributed by atoms with van der Waals surface area (Å²) in [6.45, 7) is 6.33. The Morgan fingerprint density at radius 1 is 1.00 bits per heavy atom. The fourth-order valence-electron chi connectivity index (χ4n) is 0.432. The van der Waals surface area contributed by atoms with Crippen LogP contribution in [0.15, 0.2) is 24.6 Å². The van der Waals surface area contributed by atoms with Gasteiger partial charge in [-0.2, -0.15) is 0 Å². The molecule has 0 saturated carbocycles. The van der Waals surface area contributed by atoms with Gasteiger partial charge < -0.3 is 22.1 Å². The summed E-state index contributed by atoms with van der Waals surface area (Å²) in [6, 6.07) is 0. The zero-order valence-corrected chi connectivity index (χ0v) is 7.09. The van der Waals surface area contributed by atoms with E-state index < -0.39 is 11.8 Å². The summed E-state index contributed by atoms with van der Waals surface area (Å²) in [4.78, 5) is 21.5. The van der Waals surface area contributed by atoms with Crippen LogP contribution in [0.1, 0.15) is 0 Å². The quantitative estimate of drug-likeness (QED) is 0.303. The molecule has 72 valence electrons. The Bertz CT molecular complexity index is 233. The molecular formula is C7H12N4O2. The van der Waals surface area contributed by atoms with Gasteiger partial charge in [-0.15, -0.1) is 0 Å². The Hall–Kier alpha value is -1.98. The largest absolute Gasteiger partial charge is 0.395 e. The minimum atomic E-state index is -0.539. The second-order valence-corrected chi connectivity index (χ2v) is 2.24. The highest BCUT2D eigenvalue weighted by atomic mass is 16.2. The number of rotatable bonds is 4. The molecule has 0 fully saturated rings. The zero-order valence-electron chi connectivity index (χ0n) is 7.09. The number of hydrogen-bond donors (Lipinski definition) is 4. The van der Waals surface area contributed by atoms with Gasteiger partial charge in [0.1, 0.15) is 0 Å². The molecular weight excluding hydrogens is 172 g/mol. The third-order valence-electron chi connectivity index (χ3n) is 1.08. The molecule has 0 aromatic heterocycles. The smallest absolute Gasteiger partial charge is 0.267 e. The van der Waals surface area contributed by atoms with Crippen LogP contribution in [0.5, 0.6) is 0 Å². The van der Waals surface area contributed by atoms with Crippen LogP contribution in [-0.2, 0) is 9.59 Å². The van der Waals surface area contributed by atoms with E-state index in [0.29, 0.717) is 0 Å². The van der Waals surface area contributed by atoms with Crippen LogP contribution in [0.3, 0.4) is 0 Å². The SMILES string of the molecule is C=C(N)C(=O)NCNC(=O)C(=C)N. The lowest BCUT2D eigenvalue weighted by molar-refractivity contribution is -0.119. The summed E-state index contributed by atoms with van der Waals surface area (Å²) in [5.74, 6) is -1.08. The van der Waals surface area contributed by atoms with Crippen molar-refractivity contribution in [3.05, 3.63) is 24.6 Å². The van der Waals surface area contributed by atoms with Crippen molar-refractivity contribution in [2.24, 2.45) is 11.5 Å². The third-order valence-corrected chi connectivity index (χ3v) is 1.08. The molecule has 0 spiro atoms. The minimum Gasteiger partial charge on any atom is -0.395 e. The second kappa shape index (κ2) is 4.81. The van der Waals surface area contributed by atoms with Crippen LogP contribution in [0, 0.1) is 0 Å². The molecule has 6 heteroatoms. The number of amides is 2. The van der Waals surface area contributed by atoms with E-state index in [4.69, 9.17) is 11.5 Å². The predicted octanol–water partition coefficient (Wildman–Crippen LogP) is -1.88. The Kier molecular flexibility index (Phi) is 4.08. The van der Waals surface area contributed by atoms with Crippen molar-refractivity contribution >= 4 is 11.8 Å². The average Bonchev–Trinajstić information content (AvgIpc) is 2.03. The summed E-state index contributed by atoms with van der Waals surface area (Å²) >= 11 is 0. The standard InChI is InChI=1S/C7H12N4O2/c1-4(8)6(12)10-3-11-7(13)5(2)9/h1-3,8-9H2,(H,10,12)(H,11,13). The Labute approximate surface area is 75.7 Å². The molecule has 0 bridgehead atoms. The molecule has 0 aliphatic rings. The summed E-state index contributed by atoms with van der Waals surface area (Å²) < 4.78 is 0. The summed E-state index contributed by atoms with van der Waals surface area (Å²) in [5, 5.41) is 4.55. The lowest BCUT2D eigenvalue weighted by Crippen LogP contribution is -2.40. The molecule has 0 atom stereocenters. The van der Waals surface area contributed by atoms with Crippen LogP contribution < -0.4 is 22.1 Å². The molecule has 0 rings (SSSR count). The van der Waals surface area contributed by atoms with Crippen LogP contribution in [0.4, 0.5) is 0 Å². The molecule has 2 amide bonds. The predicted molar refractivity (Wildman–Crippen MR) is 47.8 cm³/mol. The normalized spacial score (nSPS) is 8.62. The fourth-order valence-corrected chi connectivity index (χ4v) is 0.432. The van der Waals surface area contributed by atoms with Crippen molar-refractivity contribution in [2.75, 3.05) is 6.67 Å². The van der Waals surface area contributed by atoms with Crippen molar-refractivity contribution < 1.29 is 9.59 Å². The van der Waals surface area contributed by atoms with E-state index in [2.05, 4.69) is 23.8 Å². The van der Waals surface area contributed by atoms with E-state index in [1.807, 2.05) is 0 Å². The number of hydrogen-bond acceptors (Lipinski definition) is 4. The third kappa shape index (κ3) is 4.46. The van der Waals surface area contributed by atoms with Crippen LogP contribution in [0.25, 0.3) is 0 Å². The number of nitrogens with two attached hydrogens (primary N) is 2. The van der Waals surface area contributed by atoms with Gasteiger partial charge in [0.2, 0.25) is 0 Å². The maximum Gasteiger partial charge on any atom is 0.267 e. The highest BCUT2D eigenvalue weighted by Crippen LogP contribution is 1.76. The van der Waals surface area contributed by atoms with Gasteiger partial charge in [0.15, 0.2) is 0 Å². The zero-order chi connectivity index (χ0) is 10.4. The Morgan fingerprint density at radius 3 is 1.54 bits per heavy atom. The fraction of sp³-hybridized carbons (Fsp3) is 0.143. The van der Waals surface area contributed by atoms with Gasteiger partial charge in [0, 0.05) is 0 Å². The molecule has 0 unspecified atom stereocenters. The van der Waals surface area contributed by atoms with E-state index in [1.165, 1.54) is 0 Å². The van der Waals surface area contributed by atoms with Gasteiger partial charge in [-0.25, -0.2) is 0 Å². The van der Waals surface area contributed by atoms with Gasteiger partial charge in [-0.05, 0) is 0 Å². The molecule has 0 aliphatic carbocycles. The van der Waals surface area contributed by atoms with Crippen LogP contribution in [-0.4, -0.2) is 18.5 Å². The minimum absolute atomic E-state index is 0.0654. The van der Waals surface area contributed by atoms with Gasteiger partial charge >= 0.3 is 0 Å². The number of nitrogens with one attached hydrogen (secondary N) is 2. The monoisotopic (exact) mass is 184 g/mol. The van der Waals surface area contributed by atoms with Gasteiger partial charge in [0.25, 0.3) is 11.8 Å². The lowest BCUT2D eigenvalue weighted by atomic mass is 10.4. The van der Waals surface area contributed by atoms with E-state index in [9.17, 15) is 9.59 Å². The maximum absolute atomic E-state index is 10.8. The van der Waals surface area contributed by atoms with Gasteiger partial charge in [0.05, 0.1) is 18.1 Å². The Morgan fingerprint density at radius 2 is 1.31 bits per heavy atom. The highest BCUT2D eigenvalue weighted by Gasteiger charge is 2.03.